The van der Waals surface area contributed by atoms with Gasteiger partial charge < -0.3 is 9.84 Å². The third-order valence-corrected chi connectivity index (χ3v) is 3.19. The zero-order valence-corrected chi connectivity index (χ0v) is 12.5. The number of aliphatic carboxylic acids is 1. The van der Waals surface area contributed by atoms with Crippen LogP contribution in [0.3, 0.4) is 0 Å². The third-order valence-electron chi connectivity index (χ3n) is 3.19. The first-order chi connectivity index (χ1) is 10.5. The predicted octanol–water partition coefficient (Wildman–Crippen LogP) is 4.16. The lowest BCUT2D eigenvalue weighted by Crippen LogP contribution is -2.01. The first-order valence-electron chi connectivity index (χ1n) is 6.95. The average molecular weight is 300 g/mol. The fraction of sp³-hybridized carbons (Fsp3) is 0.167. The van der Waals surface area contributed by atoms with Crippen LogP contribution in [0.15, 0.2) is 42.5 Å². The van der Waals surface area contributed by atoms with Gasteiger partial charge in [-0.3, -0.25) is 0 Å². The van der Waals surface area contributed by atoms with Crippen LogP contribution in [-0.2, 0) is 4.79 Å². The van der Waals surface area contributed by atoms with E-state index in [1.807, 2.05) is 6.92 Å². The Kier molecular flexibility index (Phi) is 4.94. The maximum absolute atomic E-state index is 13.7. The minimum atomic E-state index is -1.11. The second kappa shape index (κ2) is 6.89. The predicted molar refractivity (Wildman–Crippen MR) is 84.3 cm³/mol. The molecule has 0 radical (unpaired) electrons. The molecule has 0 heterocycles. The number of ether oxygens (including phenoxy) is 1. The van der Waals surface area contributed by atoms with Gasteiger partial charge in [0, 0.05) is 0 Å². The lowest BCUT2D eigenvalue weighted by molar-refractivity contribution is -0.130. The van der Waals surface area contributed by atoms with Gasteiger partial charge in [-0.25, -0.2) is 9.18 Å². The van der Waals surface area contributed by atoms with Crippen LogP contribution in [0.2, 0.25) is 0 Å². The Morgan fingerprint density at radius 3 is 2.68 bits per heavy atom. The summed E-state index contributed by atoms with van der Waals surface area (Å²) < 4.78 is 19.1. The van der Waals surface area contributed by atoms with Crippen molar-refractivity contribution in [2.24, 2.45) is 0 Å². The van der Waals surface area contributed by atoms with Crippen LogP contribution in [0.5, 0.6) is 5.75 Å². The number of benzene rings is 2. The second-order valence-corrected chi connectivity index (χ2v) is 4.83. The molecule has 114 valence electrons. The summed E-state index contributed by atoms with van der Waals surface area (Å²) >= 11 is 0. The normalized spacial score (nSPS) is 11.3. The van der Waals surface area contributed by atoms with E-state index in [9.17, 15) is 14.3 Å². The summed E-state index contributed by atoms with van der Waals surface area (Å²) in [6, 6.07) is 11.5. The monoisotopic (exact) mass is 300 g/mol. The molecule has 0 aromatic heterocycles. The number of hydrogen-bond acceptors (Lipinski definition) is 2. The van der Waals surface area contributed by atoms with E-state index < -0.39 is 11.8 Å². The Balaban J connectivity index is 2.45. The fourth-order valence-corrected chi connectivity index (χ4v) is 2.06. The molecule has 0 aliphatic rings. The fourth-order valence-electron chi connectivity index (χ4n) is 2.06. The first kappa shape index (κ1) is 15.8. The number of carbonyl (C=O) groups is 1. The Bertz CT molecular complexity index is 720. The summed E-state index contributed by atoms with van der Waals surface area (Å²) in [5.41, 5.74) is 1.53. The minimum Gasteiger partial charge on any atom is -0.494 e. The molecule has 0 aliphatic heterocycles. The Hall–Kier alpha value is -2.62. The van der Waals surface area contributed by atoms with Crippen LogP contribution >= 0.6 is 0 Å². The molecule has 2 rings (SSSR count). The largest absolute Gasteiger partial charge is 0.494 e. The van der Waals surface area contributed by atoms with E-state index in [1.165, 1.54) is 12.1 Å². The highest BCUT2D eigenvalue weighted by Crippen LogP contribution is 2.23. The Morgan fingerprint density at radius 1 is 1.27 bits per heavy atom. The highest BCUT2D eigenvalue weighted by Gasteiger charge is 2.12. The van der Waals surface area contributed by atoms with Crippen LogP contribution in [0.25, 0.3) is 11.6 Å². The van der Waals surface area contributed by atoms with Gasteiger partial charge in [-0.1, -0.05) is 24.3 Å². The highest BCUT2D eigenvalue weighted by atomic mass is 19.1. The van der Waals surface area contributed by atoms with Crippen molar-refractivity contribution in [2.75, 3.05) is 6.61 Å². The van der Waals surface area contributed by atoms with Crippen molar-refractivity contribution in [1.82, 2.24) is 0 Å². The molecule has 0 bridgehead atoms. The molecule has 0 aliphatic carbocycles. The third kappa shape index (κ3) is 3.73. The van der Waals surface area contributed by atoms with Crippen molar-refractivity contribution in [3.63, 3.8) is 0 Å². The molecule has 0 fully saturated rings. The zero-order valence-electron chi connectivity index (χ0n) is 12.5. The molecule has 0 amide bonds. The highest BCUT2D eigenvalue weighted by molar-refractivity contribution is 6.20. The molecule has 4 heteroatoms. The number of aryl methyl sites for hydroxylation is 1. The number of rotatable bonds is 5. The number of carboxylic acid groups (broad SMARTS) is 1. The zero-order chi connectivity index (χ0) is 16.1. The van der Waals surface area contributed by atoms with Crippen molar-refractivity contribution >= 4 is 17.6 Å². The van der Waals surface area contributed by atoms with Crippen LogP contribution in [0.4, 0.5) is 4.39 Å². The van der Waals surface area contributed by atoms with Crippen molar-refractivity contribution in [3.05, 3.63) is 65.0 Å². The molecule has 0 atom stereocenters. The summed E-state index contributed by atoms with van der Waals surface area (Å²) in [7, 11) is 0. The number of hydrogen-bond donors (Lipinski definition) is 1. The minimum absolute atomic E-state index is 0.0348. The van der Waals surface area contributed by atoms with E-state index in [0.717, 1.165) is 0 Å². The van der Waals surface area contributed by atoms with Gasteiger partial charge in [-0.15, -0.1) is 0 Å². The molecule has 0 saturated heterocycles. The molecule has 2 aromatic carbocycles. The first-order valence-corrected chi connectivity index (χ1v) is 6.95. The van der Waals surface area contributed by atoms with Gasteiger partial charge in [0.05, 0.1) is 12.2 Å². The molecule has 22 heavy (non-hydrogen) atoms. The molecule has 0 spiro atoms. The summed E-state index contributed by atoms with van der Waals surface area (Å²) in [5.74, 6) is -0.867. The maximum atomic E-state index is 13.7. The lowest BCUT2D eigenvalue weighted by atomic mass is 10.0. The molecule has 2 aromatic rings. The van der Waals surface area contributed by atoms with Gasteiger partial charge in [0.15, 0.2) is 0 Å². The van der Waals surface area contributed by atoms with Gasteiger partial charge in [0.25, 0.3) is 0 Å². The van der Waals surface area contributed by atoms with Crippen molar-refractivity contribution in [2.45, 2.75) is 13.8 Å². The van der Waals surface area contributed by atoms with E-state index >= 15 is 0 Å². The van der Waals surface area contributed by atoms with E-state index in [4.69, 9.17) is 4.74 Å². The van der Waals surface area contributed by atoms with Crippen LogP contribution < -0.4 is 4.74 Å². The van der Waals surface area contributed by atoms with Gasteiger partial charge in [-0.2, -0.15) is 0 Å². The lowest BCUT2D eigenvalue weighted by Gasteiger charge is -2.07. The quantitative estimate of drug-likeness (QED) is 0.666. The van der Waals surface area contributed by atoms with Crippen molar-refractivity contribution < 1.29 is 19.0 Å². The molecular weight excluding hydrogens is 283 g/mol. The standard InChI is InChI=1S/C18H17FO3/c1-3-22-15-6-4-5-13(9-15)10-16(18(20)21)14-8-7-12(2)17(19)11-14/h4-11H,3H2,1-2H3,(H,20,21)/b16-10-. The summed E-state index contributed by atoms with van der Waals surface area (Å²) in [6.07, 6.45) is 1.51. The van der Waals surface area contributed by atoms with Crippen molar-refractivity contribution in [3.8, 4) is 5.75 Å². The van der Waals surface area contributed by atoms with Crippen LogP contribution in [-0.4, -0.2) is 17.7 Å². The Morgan fingerprint density at radius 2 is 2.05 bits per heavy atom. The second-order valence-electron chi connectivity index (χ2n) is 4.83. The van der Waals surface area contributed by atoms with Gasteiger partial charge >= 0.3 is 5.97 Å². The van der Waals surface area contributed by atoms with E-state index in [1.54, 1.807) is 43.3 Å². The number of carboxylic acids is 1. The van der Waals surface area contributed by atoms with Crippen LogP contribution in [0, 0.1) is 12.7 Å². The van der Waals surface area contributed by atoms with Crippen LogP contribution in [0.1, 0.15) is 23.6 Å². The molecule has 1 N–H and O–H groups in total. The molecule has 3 nitrogen and oxygen atoms in total. The summed E-state index contributed by atoms with van der Waals surface area (Å²) in [6.45, 7) is 4.04. The summed E-state index contributed by atoms with van der Waals surface area (Å²) in [4.78, 5) is 11.5. The van der Waals surface area contributed by atoms with E-state index in [0.29, 0.717) is 29.0 Å². The van der Waals surface area contributed by atoms with Gasteiger partial charge in [0.2, 0.25) is 0 Å². The Labute approximate surface area is 128 Å². The van der Waals surface area contributed by atoms with E-state index in [-0.39, 0.29) is 5.57 Å². The average Bonchev–Trinajstić information content (AvgIpc) is 2.48. The smallest absolute Gasteiger partial charge is 0.336 e. The summed E-state index contributed by atoms with van der Waals surface area (Å²) in [5, 5.41) is 9.40. The maximum Gasteiger partial charge on any atom is 0.336 e. The van der Waals surface area contributed by atoms with Crippen molar-refractivity contribution in [1.29, 1.82) is 0 Å². The van der Waals surface area contributed by atoms with Gasteiger partial charge in [0.1, 0.15) is 11.6 Å². The molecule has 0 saturated carbocycles. The molecular formula is C18H17FO3. The SMILES string of the molecule is CCOc1cccc(/C=C(\C(=O)O)c2ccc(C)c(F)c2)c1. The van der Waals surface area contributed by atoms with Gasteiger partial charge in [-0.05, 0) is 54.8 Å². The number of halogens is 1. The topological polar surface area (TPSA) is 46.5 Å². The van der Waals surface area contributed by atoms with E-state index in [2.05, 4.69) is 0 Å². The molecule has 0 unspecified atom stereocenters.